The highest BCUT2D eigenvalue weighted by Crippen LogP contribution is 2.24. The lowest BCUT2D eigenvalue weighted by molar-refractivity contribution is -0.302. The Hall–Kier alpha value is -2.12. The summed E-state index contributed by atoms with van der Waals surface area (Å²) in [6, 6.07) is -0.807. The molecule has 1 heterocycles. The van der Waals surface area contributed by atoms with E-state index < -0.39 is 49.5 Å². The molecule has 590 valence electrons. The summed E-state index contributed by atoms with van der Waals surface area (Å²) in [5.74, 6) is -0.157. The van der Waals surface area contributed by atoms with Crippen molar-refractivity contribution < 1.29 is 49.3 Å². The summed E-state index contributed by atoms with van der Waals surface area (Å²) in [7, 11) is 0. The second-order valence-corrected chi connectivity index (χ2v) is 30.9. The van der Waals surface area contributed by atoms with Crippen LogP contribution in [0.2, 0.25) is 0 Å². The smallest absolute Gasteiger partial charge is 0.305 e. The van der Waals surface area contributed by atoms with Crippen LogP contribution >= 0.6 is 0 Å². The van der Waals surface area contributed by atoms with Crippen molar-refractivity contribution in [3.63, 3.8) is 0 Å². The molecule has 7 unspecified atom stereocenters. The minimum absolute atomic E-state index is 0.0173. The van der Waals surface area contributed by atoms with Crippen LogP contribution in [-0.2, 0) is 23.8 Å². The maximum Gasteiger partial charge on any atom is 0.305 e. The van der Waals surface area contributed by atoms with Crippen LogP contribution < -0.4 is 5.32 Å². The maximum absolute atomic E-state index is 13.1. The van der Waals surface area contributed by atoms with Crippen molar-refractivity contribution in [3.05, 3.63) is 36.5 Å². The van der Waals surface area contributed by atoms with Gasteiger partial charge < -0.3 is 45.1 Å². The third-order valence-electron chi connectivity index (χ3n) is 21.2. The number of hydrogen-bond donors (Lipinski definition) is 6. The van der Waals surface area contributed by atoms with E-state index in [9.17, 15) is 35.1 Å². The molecule has 0 radical (unpaired) electrons. The Morgan fingerprint density at radius 3 is 0.960 bits per heavy atom. The zero-order valence-electron chi connectivity index (χ0n) is 66.2. The number of carbonyl (C=O) groups is 2. The van der Waals surface area contributed by atoms with Gasteiger partial charge in [-0.1, -0.05) is 397 Å². The first-order valence-electron chi connectivity index (χ1n) is 44.3. The van der Waals surface area contributed by atoms with Gasteiger partial charge in [0.1, 0.15) is 24.4 Å². The van der Waals surface area contributed by atoms with Crippen molar-refractivity contribution >= 4 is 11.9 Å². The molecular weight excluding hydrogens is 1240 g/mol. The third-order valence-corrected chi connectivity index (χ3v) is 21.2. The van der Waals surface area contributed by atoms with E-state index in [1.165, 1.54) is 379 Å². The first-order valence-corrected chi connectivity index (χ1v) is 44.3. The summed E-state index contributed by atoms with van der Waals surface area (Å²) in [5, 5.41) is 54.7. The number of esters is 1. The molecule has 0 aromatic carbocycles. The number of rotatable bonds is 80. The maximum atomic E-state index is 13.1. The monoisotopic (exact) mass is 1410 g/mol. The first kappa shape index (κ1) is 95.9. The minimum atomic E-state index is -1.57. The number of amides is 1. The second kappa shape index (κ2) is 78.0. The number of aliphatic hydroxyl groups excluding tert-OH is 5. The summed E-state index contributed by atoms with van der Waals surface area (Å²) < 4.78 is 16.8. The summed E-state index contributed by atoms with van der Waals surface area (Å²) in [6.45, 7) is 4.41. The minimum Gasteiger partial charge on any atom is -0.466 e. The SMILES string of the molecule is CCCCCCCC/C=C\CCCCCCCCCCCC(=O)OCCCCCCCCCCCCCCCCCCCC/C=C\CCCCCCCCCCCCCCCCCCCC(=O)NC(COC1OC(CO)C(O)C(O)C1O)C(O)/C=C/CCCCCCCCCCCCCC. The Labute approximate surface area is 619 Å². The van der Waals surface area contributed by atoms with Gasteiger partial charge in [0.05, 0.1) is 32.0 Å². The van der Waals surface area contributed by atoms with E-state index in [0.29, 0.717) is 19.4 Å². The number of aliphatic hydroxyl groups is 5. The van der Waals surface area contributed by atoms with Crippen molar-refractivity contribution in [1.29, 1.82) is 0 Å². The fraction of sp³-hybridized carbons (Fsp3) is 0.910. The van der Waals surface area contributed by atoms with Crippen LogP contribution in [0, 0.1) is 0 Å². The molecule has 0 bridgehead atoms. The van der Waals surface area contributed by atoms with E-state index >= 15 is 0 Å². The molecule has 11 heteroatoms. The van der Waals surface area contributed by atoms with Crippen LogP contribution in [-0.4, -0.2) is 100 Å². The van der Waals surface area contributed by atoms with Crippen LogP contribution in [0.25, 0.3) is 0 Å². The van der Waals surface area contributed by atoms with Gasteiger partial charge in [-0.25, -0.2) is 0 Å². The lowest BCUT2D eigenvalue weighted by atomic mass is 9.99. The number of ether oxygens (including phenoxy) is 3. The van der Waals surface area contributed by atoms with Gasteiger partial charge in [0.25, 0.3) is 0 Å². The fourth-order valence-corrected chi connectivity index (χ4v) is 14.3. The van der Waals surface area contributed by atoms with Crippen molar-refractivity contribution in [3.8, 4) is 0 Å². The highest BCUT2D eigenvalue weighted by molar-refractivity contribution is 5.76. The van der Waals surface area contributed by atoms with E-state index in [2.05, 4.69) is 43.5 Å². The Kier molecular flexibility index (Phi) is 74.8. The van der Waals surface area contributed by atoms with Gasteiger partial charge in [0.15, 0.2) is 6.29 Å². The molecule has 0 saturated carbocycles. The zero-order chi connectivity index (χ0) is 72.2. The molecule has 6 N–H and O–H groups in total. The molecule has 1 aliphatic heterocycles. The summed E-state index contributed by atoms with van der Waals surface area (Å²) in [6.07, 6.45) is 93.5. The number of allylic oxidation sites excluding steroid dienone is 5. The Morgan fingerprint density at radius 2 is 0.640 bits per heavy atom. The summed E-state index contributed by atoms with van der Waals surface area (Å²) in [4.78, 5) is 25.3. The Bertz CT molecular complexity index is 1760. The molecule has 0 aromatic rings. The summed E-state index contributed by atoms with van der Waals surface area (Å²) >= 11 is 0. The lowest BCUT2D eigenvalue weighted by Crippen LogP contribution is -2.60. The van der Waals surface area contributed by atoms with Crippen molar-refractivity contribution in [2.24, 2.45) is 0 Å². The van der Waals surface area contributed by atoms with Gasteiger partial charge in [-0.15, -0.1) is 0 Å². The van der Waals surface area contributed by atoms with Gasteiger partial charge in [0.2, 0.25) is 5.91 Å². The second-order valence-electron chi connectivity index (χ2n) is 30.9. The van der Waals surface area contributed by atoms with Crippen LogP contribution in [0.15, 0.2) is 36.5 Å². The average Bonchev–Trinajstić information content (AvgIpc) is 0.822. The largest absolute Gasteiger partial charge is 0.466 e. The van der Waals surface area contributed by atoms with Gasteiger partial charge in [-0.2, -0.15) is 0 Å². The number of unbranched alkanes of at least 4 members (excludes halogenated alkanes) is 62. The number of nitrogens with one attached hydrogen (secondary N) is 1. The van der Waals surface area contributed by atoms with E-state index in [4.69, 9.17) is 14.2 Å². The first-order chi connectivity index (χ1) is 49.2. The van der Waals surface area contributed by atoms with E-state index in [1.807, 2.05) is 6.08 Å². The molecule has 1 rings (SSSR count). The number of carbonyl (C=O) groups excluding carboxylic acids is 2. The van der Waals surface area contributed by atoms with Crippen molar-refractivity contribution in [1.82, 2.24) is 5.32 Å². The van der Waals surface area contributed by atoms with Gasteiger partial charge in [-0.3, -0.25) is 9.59 Å². The van der Waals surface area contributed by atoms with E-state index in [-0.39, 0.29) is 18.5 Å². The molecule has 1 aliphatic rings. The van der Waals surface area contributed by atoms with Crippen LogP contribution in [0.4, 0.5) is 0 Å². The Balaban J connectivity index is 1.86. The zero-order valence-corrected chi connectivity index (χ0v) is 66.2. The van der Waals surface area contributed by atoms with Crippen LogP contribution in [0.5, 0.6) is 0 Å². The number of hydrogen-bond acceptors (Lipinski definition) is 10. The molecule has 11 nitrogen and oxygen atoms in total. The van der Waals surface area contributed by atoms with Gasteiger partial charge in [0, 0.05) is 12.8 Å². The van der Waals surface area contributed by atoms with Crippen LogP contribution in [0.3, 0.4) is 0 Å². The van der Waals surface area contributed by atoms with Gasteiger partial charge in [-0.05, 0) is 83.5 Å². The molecule has 0 aromatic heterocycles. The molecular formula is C89H169NO10. The molecule has 1 saturated heterocycles. The van der Waals surface area contributed by atoms with E-state index in [0.717, 1.165) is 51.4 Å². The molecule has 100 heavy (non-hydrogen) atoms. The van der Waals surface area contributed by atoms with Crippen LogP contribution in [0.1, 0.15) is 457 Å². The molecule has 0 spiro atoms. The fourth-order valence-electron chi connectivity index (χ4n) is 14.3. The van der Waals surface area contributed by atoms with E-state index in [1.54, 1.807) is 6.08 Å². The van der Waals surface area contributed by atoms with Crippen molar-refractivity contribution in [2.75, 3.05) is 19.8 Å². The molecule has 7 atom stereocenters. The van der Waals surface area contributed by atoms with Crippen molar-refractivity contribution in [2.45, 2.75) is 500 Å². The lowest BCUT2D eigenvalue weighted by Gasteiger charge is -2.40. The highest BCUT2D eigenvalue weighted by atomic mass is 16.7. The standard InChI is InChI=1S/C89H169NO10/c1-3-5-7-9-11-13-15-17-19-20-42-46-49-53-57-61-65-69-73-77-85(94)98-78-74-70-66-62-58-54-50-47-44-41-39-37-35-33-31-29-27-25-23-21-22-24-26-28-30-32-34-36-38-40-43-45-48-52-56-60-64-68-72-76-84(93)90-81(80-99-89-88(97)87(96)86(95)83(79-91)100-89)82(92)75-71-67-63-59-55-51-18-16-14-12-10-8-6-4-2/h17,19,21-22,71,75,81-83,86-89,91-92,95-97H,3-16,18,20,23-70,72-74,76-80H2,1-2H3,(H,90,93)/b19-17-,22-21-,75-71+. The summed E-state index contributed by atoms with van der Waals surface area (Å²) in [5.41, 5.74) is 0. The molecule has 0 aliphatic carbocycles. The Morgan fingerprint density at radius 1 is 0.360 bits per heavy atom. The molecule has 1 amide bonds. The average molecular weight is 1410 g/mol. The molecule has 1 fully saturated rings. The van der Waals surface area contributed by atoms with Gasteiger partial charge >= 0.3 is 5.97 Å². The quantitative estimate of drug-likeness (QED) is 0.0195. The third kappa shape index (κ3) is 65.4. The predicted octanol–water partition coefficient (Wildman–Crippen LogP) is 24.8. The highest BCUT2D eigenvalue weighted by Gasteiger charge is 2.44. The predicted molar refractivity (Wildman–Crippen MR) is 426 cm³/mol. The normalized spacial score (nSPS) is 17.2. The topological polar surface area (TPSA) is 175 Å².